The van der Waals surface area contributed by atoms with Crippen molar-refractivity contribution in [2.24, 2.45) is 5.41 Å². The Morgan fingerprint density at radius 1 is 1.43 bits per heavy atom. The molecule has 0 spiro atoms. The Hall–Kier alpha value is -0.200. The molecule has 0 saturated carbocycles. The van der Waals surface area contributed by atoms with Crippen LogP contribution in [0.15, 0.2) is 21.1 Å². The monoisotopic (exact) mass is 435 g/mol. The maximum absolute atomic E-state index is 12.0. The second kappa shape index (κ2) is 6.92. The fourth-order valence-corrected chi connectivity index (χ4v) is 5.16. The molecule has 0 aliphatic carbocycles. The van der Waals surface area contributed by atoms with Gasteiger partial charge in [-0.15, -0.1) is 0 Å². The first kappa shape index (κ1) is 17.2. The van der Waals surface area contributed by atoms with Crippen LogP contribution in [0.25, 0.3) is 0 Å². The second-order valence-corrected chi connectivity index (χ2v) is 8.83. The Morgan fingerprint density at radius 2 is 2.14 bits per heavy atom. The van der Waals surface area contributed by atoms with Gasteiger partial charge < -0.3 is 10.1 Å². The van der Waals surface area contributed by atoms with Crippen LogP contribution >= 0.6 is 43.6 Å². The Kier molecular flexibility index (Phi) is 5.65. The maximum atomic E-state index is 12.0. The van der Waals surface area contributed by atoms with E-state index in [9.17, 15) is 4.79 Å². The lowest BCUT2D eigenvalue weighted by Crippen LogP contribution is -2.35. The van der Waals surface area contributed by atoms with Crippen LogP contribution in [0.4, 0.5) is 5.69 Å². The smallest absolute Gasteiger partial charge is 0.340 e. The lowest BCUT2D eigenvalue weighted by Gasteiger charge is -2.36. The standard InChI is InChI=1S/C15H19Br2NO2S/c1-15(2)6-10(7-21-8-15)18-13-11(14(19)20-3)4-9(16)5-12(13)17/h4-5,10,18H,6-8H2,1-3H3. The largest absolute Gasteiger partial charge is 0.465 e. The zero-order chi connectivity index (χ0) is 15.6. The van der Waals surface area contributed by atoms with E-state index in [1.807, 2.05) is 17.8 Å². The second-order valence-electron chi connectivity index (χ2n) is 6.03. The zero-order valence-electron chi connectivity index (χ0n) is 12.3. The summed E-state index contributed by atoms with van der Waals surface area (Å²) in [6.45, 7) is 4.57. The average molecular weight is 437 g/mol. The van der Waals surface area contributed by atoms with Gasteiger partial charge in [0.1, 0.15) is 0 Å². The molecule has 2 rings (SSSR count). The Balaban J connectivity index is 2.28. The van der Waals surface area contributed by atoms with Crippen molar-refractivity contribution in [1.82, 2.24) is 0 Å². The minimum absolute atomic E-state index is 0.313. The van der Waals surface area contributed by atoms with Crippen LogP contribution in [-0.4, -0.2) is 30.6 Å². The van der Waals surface area contributed by atoms with Crippen molar-refractivity contribution in [2.45, 2.75) is 26.3 Å². The summed E-state index contributed by atoms with van der Waals surface area (Å²) in [6, 6.07) is 4.08. The molecule has 0 radical (unpaired) electrons. The molecule has 1 atom stereocenters. The number of carbonyl (C=O) groups excluding carboxylic acids is 1. The van der Waals surface area contributed by atoms with Gasteiger partial charge >= 0.3 is 5.97 Å². The Bertz CT molecular complexity index is 549. The van der Waals surface area contributed by atoms with E-state index in [2.05, 4.69) is 51.0 Å². The predicted octanol–water partition coefficient (Wildman–Crippen LogP) is 4.94. The fraction of sp³-hybridized carbons (Fsp3) is 0.533. The number of nitrogens with one attached hydrogen (secondary N) is 1. The first-order valence-electron chi connectivity index (χ1n) is 6.74. The maximum Gasteiger partial charge on any atom is 0.340 e. The molecule has 1 aromatic rings. The average Bonchev–Trinajstić information content (AvgIpc) is 2.39. The summed E-state index contributed by atoms with van der Waals surface area (Å²) in [4.78, 5) is 12.0. The third kappa shape index (κ3) is 4.39. The van der Waals surface area contributed by atoms with Crippen LogP contribution in [0.3, 0.4) is 0 Å². The van der Waals surface area contributed by atoms with Crippen LogP contribution in [-0.2, 0) is 4.74 Å². The van der Waals surface area contributed by atoms with E-state index in [1.54, 1.807) is 6.07 Å². The first-order chi connectivity index (χ1) is 9.82. The van der Waals surface area contributed by atoms with E-state index in [4.69, 9.17) is 4.74 Å². The molecule has 1 aliphatic heterocycles. The van der Waals surface area contributed by atoms with Crippen molar-refractivity contribution in [3.05, 3.63) is 26.6 Å². The third-order valence-electron chi connectivity index (χ3n) is 3.42. The molecule has 1 fully saturated rings. The van der Waals surface area contributed by atoms with E-state index in [0.717, 1.165) is 26.8 Å². The van der Waals surface area contributed by atoms with Gasteiger partial charge in [-0.2, -0.15) is 11.8 Å². The molecule has 21 heavy (non-hydrogen) atoms. The minimum atomic E-state index is -0.331. The van der Waals surface area contributed by atoms with Crippen molar-refractivity contribution in [2.75, 3.05) is 23.9 Å². The highest BCUT2D eigenvalue weighted by molar-refractivity contribution is 9.11. The van der Waals surface area contributed by atoms with Crippen molar-refractivity contribution in [3.8, 4) is 0 Å². The lowest BCUT2D eigenvalue weighted by molar-refractivity contribution is 0.0601. The van der Waals surface area contributed by atoms with Crippen molar-refractivity contribution in [1.29, 1.82) is 0 Å². The topological polar surface area (TPSA) is 38.3 Å². The van der Waals surface area contributed by atoms with E-state index in [1.165, 1.54) is 12.9 Å². The van der Waals surface area contributed by atoms with Gasteiger partial charge in [-0.1, -0.05) is 29.8 Å². The highest BCUT2D eigenvalue weighted by Gasteiger charge is 2.29. The lowest BCUT2D eigenvalue weighted by atomic mass is 9.87. The van der Waals surface area contributed by atoms with Crippen LogP contribution in [0, 0.1) is 5.41 Å². The van der Waals surface area contributed by atoms with Crippen LogP contribution in [0.1, 0.15) is 30.6 Å². The predicted molar refractivity (Wildman–Crippen MR) is 96.3 cm³/mol. The molecule has 0 bridgehead atoms. The molecular formula is C15H19Br2NO2S. The summed E-state index contributed by atoms with van der Waals surface area (Å²) >= 11 is 8.92. The van der Waals surface area contributed by atoms with E-state index in [-0.39, 0.29) is 5.97 Å². The van der Waals surface area contributed by atoms with E-state index >= 15 is 0 Å². The Morgan fingerprint density at radius 3 is 2.76 bits per heavy atom. The first-order valence-corrected chi connectivity index (χ1v) is 9.48. The summed E-state index contributed by atoms with van der Waals surface area (Å²) < 4.78 is 6.60. The third-order valence-corrected chi connectivity index (χ3v) is 6.13. The molecule has 3 nitrogen and oxygen atoms in total. The van der Waals surface area contributed by atoms with Crippen molar-refractivity contribution >= 4 is 55.3 Å². The number of esters is 1. The molecule has 1 unspecified atom stereocenters. The summed E-state index contributed by atoms with van der Waals surface area (Å²) in [7, 11) is 1.40. The van der Waals surface area contributed by atoms with Gasteiger partial charge in [-0.25, -0.2) is 4.79 Å². The molecule has 1 aliphatic rings. The normalized spacial score (nSPS) is 20.9. The molecule has 116 valence electrons. The van der Waals surface area contributed by atoms with Crippen LogP contribution in [0.2, 0.25) is 0 Å². The zero-order valence-corrected chi connectivity index (χ0v) is 16.3. The molecule has 1 N–H and O–H groups in total. The fourth-order valence-electron chi connectivity index (χ4n) is 2.55. The van der Waals surface area contributed by atoms with Gasteiger partial charge in [0.15, 0.2) is 0 Å². The number of benzene rings is 1. The number of halogens is 2. The van der Waals surface area contributed by atoms with Gasteiger partial charge in [0.2, 0.25) is 0 Å². The number of carbonyl (C=O) groups is 1. The number of rotatable bonds is 3. The molecular weight excluding hydrogens is 418 g/mol. The van der Waals surface area contributed by atoms with E-state index in [0.29, 0.717) is 17.0 Å². The SMILES string of the molecule is COC(=O)c1cc(Br)cc(Br)c1NC1CSCC(C)(C)C1. The summed E-state index contributed by atoms with van der Waals surface area (Å²) in [5.74, 6) is 1.89. The number of anilines is 1. The number of hydrogen-bond acceptors (Lipinski definition) is 4. The van der Waals surface area contributed by atoms with Crippen molar-refractivity contribution < 1.29 is 9.53 Å². The number of hydrogen-bond donors (Lipinski definition) is 1. The molecule has 1 heterocycles. The molecule has 6 heteroatoms. The molecule has 1 aromatic carbocycles. The quantitative estimate of drug-likeness (QED) is 0.680. The molecule has 0 aromatic heterocycles. The summed E-state index contributed by atoms with van der Waals surface area (Å²) in [5, 5.41) is 3.53. The number of ether oxygens (including phenoxy) is 1. The van der Waals surface area contributed by atoms with Crippen molar-refractivity contribution in [3.63, 3.8) is 0 Å². The highest BCUT2D eigenvalue weighted by Crippen LogP contribution is 2.37. The van der Waals surface area contributed by atoms with Gasteiger partial charge in [0.25, 0.3) is 0 Å². The van der Waals surface area contributed by atoms with Crippen LogP contribution in [0.5, 0.6) is 0 Å². The van der Waals surface area contributed by atoms with Gasteiger partial charge in [-0.3, -0.25) is 0 Å². The Labute approximate surface area is 146 Å². The highest BCUT2D eigenvalue weighted by atomic mass is 79.9. The molecule has 0 amide bonds. The summed E-state index contributed by atoms with van der Waals surface area (Å²) in [6.07, 6.45) is 1.09. The number of methoxy groups -OCH3 is 1. The number of thioether (sulfide) groups is 1. The van der Waals surface area contributed by atoms with E-state index < -0.39 is 0 Å². The van der Waals surface area contributed by atoms with Gasteiger partial charge in [0, 0.05) is 20.7 Å². The van der Waals surface area contributed by atoms with Gasteiger partial charge in [-0.05, 0) is 45.7 Å². The van der Waals surface area contributed by atoms with Gasteiger partial charge in [0.05, 0.1) is 18.4 Å². The minimum Gasteiger partial charge on any atom is -0.465 e. The van der Waals surface area contributed by atoms with Crippen LogP contribution < -0.4 is 5.32 Å². The molecule has 1 saturated heterocycles. The summed E-state index contributed by atoms with van der Waals surface area (Å²) in [5.41, 5.74) is 1.67.